The largest absolute Gasteiger partial charge is 0.388 e. The van der Waals surface area contributed by atoms with Crippen molar-refractivity contribution in [2.45, 2.75) is 37.7 Å². The highest BCUT2D eigenvalue weighted by molar-refractivity contribution is 7.91. The summed E-state index contributed by atoms with van der Waals surface area (Å²) in [5.41, 5.74) is 0.994. The summed E-state index contributed by atoms with van der Waals surface area (Å²) in [7, 11) is -2.85. The zero-order valence-corrected chi connectivity index (χ0v) is 11.1. The maximum absolute atomic E-state index is 11.4. The summed E-state index contributed by atoms with van der Waals surface area (Å²) < 4.78 is 22.9. The first kappa shape index (κ1) is 11.6. The molecule has 17 heavy (non-hydrogen) atoms. The molecule has 1 aliphatic carbocycles. The molecule has 0 spiro atoms. The Morgan fingerprint density at radius 1 is 1.35 bits per heavy atom. The molecule has 4 nitrogen and oxygen atoms in total. The second-order valence-corrected chi connectivity index (χ2v) is 8.16. The van der Waals surface area contributed by atoms with Gasteiger partial charge in [-0.25, -0.2) is 13.4 Å². The molecule has 1 aromatic rings. The van der Waals surface area contributed by atoms with Crippen LogP contribution in [0, 0.1) is 0 Å². The van der Waals surface area contributed by atoms with Crippen molar-refractivity contribution >= 4 is 21.2 Å². The van der Waals surface area contributed by atoms with Crippen LogP contribution in [0.3, 0.4) is 0 Å². The van der Waals surface area contributed by atoms with Gasteiger partial charge in [-0.2, -0.15) is 0 Å². The molecule has 0 amide bonds. The molecule has 1 N–H and O–H groups in total. The third-order valence-electron chi connectivity index (χ3n) is 3.52. The van der Waals surface area contributed by atoms with Crippen LogP contribution in [-0.2, 0) is 16.3 Å². The van der Waals surface area contributed by atoms with E-state index in [1.54, 1.807) is 0 Å². The van der Waals surface area contributed by atoms with Crippen LogP contribution in [0.5, 0.6) is 0 Å². The monoisotopic (exact) mass is 273 g/mol. The van der Waals surface area contributed by atoms with Gasteiger partial charge in [0.05, 0.1) is 33.2 Å². The van der Waals surface area contributed by atoms with E-state index in [1.807, 2.05) is 0 Å². The van der Waals surface area contributed by atoms with Crippen molar-refractivity contribution < 1.29 is 13.5 Å². The number of aromatic nitrogens is 1. The lowest BCUT2D eigenvalue weighted by molar-refractivity contribution is 0.160. The van der Waals surface area contributed by atoms with E-state index in [9.17, 15) is 13.5 Å². The summed E-state index contributed by atoms with van der Waals surface area (Å²) >= 11 is 1.52. The minimum Gasteiger partial charge on any atom is -0.388 e. The molecule has 1 fully saturated rings. The first-order valence-electron chi connectivity index (χ1n) is 5.93. The summed E-state index contributed by atoms with van der Waals surface area (Å²) in [6, 6.07) is 0. The minimum atomic E-state index is -2.85. The summed E-state index contributed by atoms with van der Waals surface area (Å²) in [6.45, 7) is 0. The Hall–Kier alpha value is -0.460. The number of aliphatic hydroxyl groups is 1. The van der Waals surface area contributed by atoms with Gasteiger partial charge < -0.3 is 5.11 Å². The molecule has 1 aliphatic heterocycles. The Kier molecular flexibility index (Phi) is 2.76. The molecule has 3 rings (SSSR count). The summed E-state index contributed by atoms with van der Waals surface area (Å²) in [5.74, 6) is 0.572. The van der Waals surface area contributed by atoms with E-state index in [1.165, 1.54) is 11.3 Å². The van der Waals surface area contributed by atoms with Crippen molar-refractivity contribution in [1.29, 1.82) is 0 Å². The van der Waals surface area contributed by atoms with Crippen LogP contribution in [0.1, 0.15) is 46.9 Å². The van der Waals surface area contributed by atoms with Gasteiger partial charge in [-0.1, -0.05) is 0 Å². The normalized spacial score (nSPS) is 31.4. The average molecular weight is 273 g/mol. The van der Waals surface area contributed by atoms with Gasteiger partial charge in [0.25, 0.3) is 0 Å². The number of hydrogen-bond acceptors (Lipinski definition) is 5. The van der Waals surface area contributed by atoms with E-state index >= 15 is 0 Å². The first-order chi connectivity index (χ1) is 8.05. The van der Waals surface area contributed by atoms with Gasteiger partial charge in [0.1, 0.15) is 0 Å². The van der Waals surface area contributed by atoms with Crippen LogP contribution in [0.4, 0.5) is 0 Å². The summed E-state index contributed by atoms with van der Waals surface area (Å²) in [6.07, 6.45) is 2.99. The van der Waals surface area contributed by atoms with Gasteiger partial charge in [-0.15, -0.1) is 11.3 Å². The van der Waals surface area contributed by atoms with Crippen LogP contribution in [0.25, 0.3) is 0 Å². The first-order valence-corrected chi connectivity index (χ1v) is 8.57. The Morgan fingerprint density at radius 2 is 2.18 bits per heavy atom. The quantitative estimate of drug-likeness (QED) is 0.840. The van der Waals surface area contributed by atoms with E-state index in [0.29, 0.717) is 6.42 Å². The van der Waals surface area contributed by atoms with Gasteiger partial charge in [0.2, 0.25) is 0 Å². The molecule has 0 bridgehead atoms. The average Bonchev–Trinajstić information content (AvgIpc) is 2.82. The fourth-order valence-corrected chi connectivity index (χ4v) is 5.70. The van der Waals surface area contributed by atoms with E-state index < -0.39 is 9.84 Å². The molecule has 1 aromatic heterocycles. The second-order valence-electron chi connectivity index (χ2n) is 4.87. The number of aryl methyl sites for hydroxylation is 1. The lowest BCUT2D eigenvalue weighted by Crippen LogP contribution is -2.06. The molecule has 0 saturated carbocycles. The molecule has 0 radical (unpaired) electrons. The Morgan fingerprint density at radius 3 is 2.82 bits per heavy atom. The number of rotatable bonds is 1. The molecule has 6 heteroatoms. The zero-order chi connectivity index (χ0) is 12.0. The standard InChI is InChI=1S/C11H15NO3S2/c13-9-3-1-2-8-10(9)16-11(12-8)7-4-5-17(14,15)6-7/h7,9,13H,1-6H2. The van der Waals surface area contributed by atoms with Gasteiger partial charge in [0, 0.05) is 5.92 Å². The molecule has 94 valence electrons. The van der Waals surface area contributed by atoms with E-state index in [4.69, 9.17) is 0 Å². The summed E-state index contributed by atoms with van der Waals surface area (Å²) in [5, 5.41) is 10.8. The van der Waals surface area contributed by atoms with Gasteiger partial charge in [-0.05, 0) is 25.7 Å². The van der Waals surface area contributed by atoms with E-state index in [-0.39, 0.29) is 23.5 Å². The predicted molar refractivity (Wildman–Crippen MR) is 66.0 cm³/mol. The highest BCUT2D eigenvalue weighted by atomic mass is 32.2. The molecular weight excluding hydrogens is 258 g/mol. The van der Waals surface area contributed by atoms with E-state index in [2.05, 4.69) is 4.98 Å². The summed E-state index contributed by atoms with van der Waals surface area (Å²) in [4.78, 5) is 5.51. The van der Waals surface area contributed by atoms with Crippen molar-refractivity contribution in [1.82, 2.24) is 4.98 Å². The second kappa shape index (κ2) is 4.03. The van der Waals surface area contributed by atoms with Gasteiger partial charge >= 0.3 is 0 Å². The van der Waals surface area contributed by atoms with Gasteiger partial charge in [0.15, 0.2) is 9.84 Å². The van der Waals surface area contributed by atoms with Crippen molar-refractivity contribution in [2.75, 3.05) is 11.5 Å². The van der Waals surface area contributed by atoms with Crippen LogP contribution in [0.2, 0.25) is 0 Å². The van der Waals surface area contributed by atoms with Crippen LogP contribution in [-0.4, -0.2) is 30.0 Å². The highest BCUT2D eigenvalue weighted by Crippen LogP contribution is 2.39. The fourth-order valence-electron chi connectivity index (χ4n) is 2.58. The number of thiazole rings is 1. The smallest absolute Gasteiger partial charge is 0.151 e. The lowest BCUT2D eigenvalue weighted by atomic mass is 10.0. The number of nitrogens with zero attached hydrogens (tertiary/aromatic N) is 1. The number of sulfone groups is 1. The fraction of sp³-hybridized carbons (Fsp3) is 0.727. The third kappa shape index (κ3) is 2.13. The molecule has 2 heterocycles. The van der Waals surface area contributed by atoms with Gasteiger partial charge in [-0.3, -0.25) is 0 Å². The molecule has 0 aromatic carbocycles. The van der Waals surface area contributed by atoms with E-state index in [0.717, 1.165) is 34.8 Å². The number of aliphatic hydroxyl groups excluding tert-OH is 1. The molecule has 2 aliphatic rings. The topological polar surface area (TPSA) is 67.3 Å². The maximum Gasteiger partial charge on any atom is 0.151 e. The van der Waals surface area contributed by atoms with Crippen molar-refractivity contribution in [3.8, 4) is 0 Å². The predicted octanol–water partition coefficient (Wildman–Crippen LogP) is 1.41. The number of fused-ring (bicyclic) bond motifs is 1. The lowest BCUT2D eigenvalue weighted by Gasteiger charge is -2.14. The number of hydrogen-bond donors (Lipinski definition) is 1. The van der Waals surface area contributed by atoms with Crippen LogP contribution >= 0.6 is 11.3 Å². The molecule has 1 saturated heterocycles. The van der Waals surface area contributed by atoms with Crippen molar-refractivity contribution in [3.05, 3.63) is 15.6 Å². The molecule has 2 unspecified atom stereocenters. The Bertz CT molecular complexity index is 535. The Labute approximate surface area is 105 Å². The highest BCUT2D eigenvalue weighted by Gasteiger charge is 2.33. The van der Waals surface area contributed by atoms with Crippen molar-refractivity contribution in [3.63, 3.8) is 0 Å². The minimum absolute atomic E-state index is 0.0581. The molecule has 2 atom stereocenters. The van der Waals surface area contributed by atoms with Crippen LogP contribution < -0.4 is 0 Å². The SMILES string of the molecule is O=S1(=O)CCC(c2nc3c(s2)C(O)CCC3)C1. The Balaban J connectivity index is 1.90. The molecular formula is C11H15NO3S2. The van der Waals surface area contributed by atoms with Crippen LogP contribution in [0.15, 0.2) is 0 Å². The zero-order valence-electron chi connectivity index (χ0n) is 9.42. The third-order valence-corrected chi connectivity index (χ3v) is 6.65. The maximum atomic E-state index is 11.4. The van der Waals surface area contributed by atoms with Crippen molar-refractivity contribution in [2.24, 2.45) is 0 Å².